The lowest BCUT2D eigenvalue weighted by Gasteiger charge is -2.23. The zero-order chi connectivity index (χ0) is 19.3. The second kappa shape index (κ2) is 6.74. The summed E-state index contributed by atoms with van der Waals surface area (Å²) >= 11 is 1.49. The van der Waals surface area contributed by atoms with E-state index in [0.717, 1.165) is 47.0 Å². The summed E-state index contributed by atoms with van der Waals surface area (Å²) in [4.78, 5) is 17.5. The molecule has 142 valence electrons. The van der Waals surface area contributed by atoms with Crippen LogP contribution in [0.15, 0.2) is 48.2 Å². The van der Waals surface area contributed by atoms with Crippen LogP contribution in [0.25, 0.3) is 15.8 Å². The molecule has 0 aliphatic heterocycles. The fourth-order valence-corrected chi connectivity index (χ4v) is 5.26. The molecule has 0 spiro atoms. The topological polar surface area (TPSA) is 59.4 Å². The summed E-state index contributed by atoms with van der Waals surface area (Å²) in [5, 5.41) is 11.4. The molecule has 1 saturated carbocycles. The van der Waals surface area contributed by atoms with E-state index < -0.39 is 0 Å². The molecule has 0 amide bonds. The van der Waals surface area contributed by atoms with Gasteiger partial charge in [-0.25, -0.2) is 4.98 Å². The van der Waals surface area contributed by atoms with Gasteiger partial charge in [0.15, 0.2) is 5.78 Å². The predicted molar refractivity (Wildman–Crippen MR) is 111 cm³/mol. The number of allylic oxidation sites excluding steroid dienone is 2. The summed E-state index contributed by atoms with van der Waals surface area (Å²) in [7, 11) is 0. The van der Waals surface area contributed by atoms with Crippen molar-refractivity contribution in [3.63, 3.8) is 0 Å². The predicted octanol–water partition coefficient (Wildman–Crippen LogP) is 5.92. The van der Waals surface area contributed by atoms with E-state index in [-0.39, 0.29) is 23.4 Å². The third-order valence-corrected chi connectivity index (χ3v) is 6.82. The molecule has 28 heavy (non-hydrogen) atoms. The zero-order valence-corrected chi connectivity index (χ0v) is 16.5. The summed E-state index contributed by atoms with van der Waals surface area (Å²) in [6.07, 6.45) is 3.35. The van der Waals surface area contributed by atoms with Crippen LogP contribution in [-0.2, 0) is 11.2 Å². The molecule has 1 heterocycles. The van der Waals surface area contributed by atoms with Gasteiger partial charge in [-0.2, -0.15) is 0 Å². The van der Waals surface area contributed by atoms with Crippen LogP contribution in [0.1, 0.15) is 37.3 Å². The van der Waals surface area contributed by atoms with Crippen molar-refractivity contribution in [3.05, 3.63) is 59.4 Å². The number of benzene rings is 2. The fourth-order valence-electron chi connectivity index (χ4n) is 4.43. The molecule has 2 bridgehead atoms. The van der Waals surface area contributed by atoms with Crippen molar-refractivity contribution < 1.29 is 14.6 Å². The maximum Gasteiger partial charge on any atom is 0.279 e. The van der Waals surface area contributed by atoms with Crippen molar-refractivity contribution in [2.45, 2.75) is 32.6 Å². The van der Waals surface area contributed by atoms with Gasteiger partial charge < -0.3 is 9.84 Å². The molecule has 5 rings (SSSR count). The Kier molecular flexibility index (Phi) is 4.20. The number of nitrogens with zero attached hydrogens (tertiary/aromatic N) is 1. The van der Waals surface area contributed by atoms with E-state index in [1.54, 1.807) is 0 Å². The van der Waals surface area contributed by atoms with E-state index in [1.165, 1.54) is 11.3 Å². The quantitative estimate of drug-likeness (QED) is 0.600. The van der Waals surface area contributed by atoms with Gasteiger partial charge in [-0.05, 0) is 61.1 Å². The van der Waals surface area contributed by atoms with E-state index >= 15 is 0 Å². The van der Waals surface area contributed by atoms with Crippen molar-refractivity contribution in [2.75, 3.05) is 0 Å². The van der Waals surface area contributed by atoms with Crippen LogP contribution in [0.5, 0.6) is 10.9 Å². The van der Waals surface area contributed by atoms with Crippen LogP contribution in [0.4, 0.5) is 0 Å². The third-order valence-electron chi connectivity index (χ3n) is 5.90. The number of aryl methyl sites for hydroxylation is 1. The Bertz CT molecular complexity index is 1080. The Labute approximate surface area is 167 Å². The van der Waals surface area contributed by atoms with Gasteiger partial charge in [-0.1, -0.05) is 36.5 Å². The molecular weight excluding hydrogens is 370 g/mol. The Hall–Kier alpha value is -2.66. The summed E-state index contributed by atoms with van der Waals surface area (Å²) < 4.78 is 7.10. The lowest BCUT2D eigenvalue weighted by Crippen LogP contribution is -2.21. The van der Waals surface area contributed by atoms with Gasteiger partial charge in [0.1, 0.15) is 11.5 Å². The number of ketones is 1. The minimum atomic E-state index is 0.0504. The zero-order valence-electron chi connectivity index (χ0n) is 15.6. The molecule has 2 atom stereocenters. The number of rotatable bonds is 4. The molecule has 1 fully saturated rings. The number of carbonyl (C=O) groups is 1. The highest BCUT2D eigenvalue weighted by molar-refractivity contribution is 7.20. The SMILES string of the molecule is CCc1ccc(Oc2nc3ccccc3s2)cc1C1=C(O)[C@@H]2CC[C@@H](C2)C1=O. The van der Waals surface area contributed by atoms with Gasteiger partial charge >= 0.3 is 0 Å². The first-order valence-corrected chi connectivity index (χ1v) is 10.6. The molecular formula is C23H21NO3S. The molecule has 1 aromatic heterocycles. The van der Waals surface area contributed by atoms with Crippen LogP contribution in [0.3, 0.4) is 0 Å². The van der Waals surface area contributed by atoms with E-state index in [2.05, 4.69) is 11.9 Å². The van der Waals surface area contributed by atoms with E-state index in [1.807, 2.05) is 42.5 Å². The number of aliphatic hydroxyl groups excluding tert-OH is 1. The van der Waals surface area contributed by atoms with Crippen LogP contribution >= 0.6 is 11.3 Å². The second-order valence-electron chi connectivity index (χ2n) is 7.55. The smallest absolute Gasteiger partial charge is 0.279 e. The van der Waals surface area contributed by atoms with E-state index in [4.69, 9.17) is 4.74 Å². The molecule has 3 aromatic rings. The maximum absolute atomic E-state index is 13.0. The van der Waals surface area contributed by atoms with Gasteiger partial charge in [0.25, 0.3) is 5.19 Å². The van der Waals surface area contributed by atoms with Crippen LogP contribution in [0.2, 0.25) is 0 Å². The van der Waals surface area contributed by atoms with Crippen molar-refractivity contribution >= 4 is 32.9 Å². The molecule has 5 heteroatoms. The largest absolute Gasteiger partial charge is 0.511 e. The summed E-state index contributed by atoms with van der Waals surface area (Å²) in [6.45, 7) is 2.06. The molecule has 4 nitrogen and oxygen atoms in total. The minimum Gasteiger partial charge on any atom is -0.511 e. The number of hydrogen-bond donors (Lipinski definition) is 1. The summed E-state index contributed by atoms with van der Waals surface area (Å²) in [5.74, 6) is 1.16. The van der Waals surface area contributed by atoms with E-state index in [9.17, 15) is 9.90 Å². The van der Waals surface area contributed by atoms with Crippen molar-refractivity contribution in [3.8, 4) is 10.9 Å². The maximum atomic E-state index is 13.0. The Balaban J connectivity index is 1.55. The number of aromatic nitrogens is 1. The molecule has 0 unspecified atom stereocenters. The van der Waals surface area contributed by atoms with Gasteiger partial charge in [0, 0.05) is 11.8 Å². The molecule has 2 aliphatic carbocycles. The minimum absolute atomic E-state index is 0.0504. The van der Waals surface area contributed by atoms with Crippen molar-refractivity contribution in [1.82, 2.24) is 4.98 Å². The summed E-state index contributed by atoms with van der Waals surface area (Å²) in [5.41, 5.74) is 3.27. The number of fused-ring (bicyclic) bond motifs is 3. The number of para-hydroxylation sites is 1. The van der Waals surface area contributed by atoms with Crippen molar-refractivity contribution in [2.24, 2.45) is 11.8 Å². The number of hydrogen-bond acceptors (Lipinski definition) is 5. The van der Waals surface area contributed by atoms with Crippen LogP contribution in [0, 0.1) is 11.8 Å². The molecule has 1 N–H and O–H groups in total. The number of carbonyl (C=O) groups excluding carboxylic acids is 1. The lowest BCUT2D eigenvalue weighted by molar-refractivity contribution is -0.117. The number of thiazole rings is 1. The van der Waals surface area contributed by atoms with Crippen LogP contribution in [-0.4, -0.2) is 15.9 Å². The fraction of sp³-hybridized carbons (Fsp3) is 0.304. The number of aliphatic hydroxyl groups is 1. The van der Waals surface area contributed by atoms with Gasteiger partial charge in [-0.15, -0.1) is 0 Å². The summed E-state index contributed by atoms with van der Waals surface area (Å²) in [6, 6.07) is 13.7. The van der Waals surface area contributed by atoms with E-state index in [0.29, 0.717) is 16.5 Å². The standard InChI is InChI=1S/C23H21NO3S/c1-2-13-9-10-16(27-23-24-18-5-3-4-6-19(18)28-23)12-17(13)20-21(25)14-7-8-15(11-14)22(20)26/h3-6,9-10,12,14-15,25H,2,7-8,11H2,1H3/t14-,15+/m1/s1. The highest BCUT2D eigenvalue weighted by Gasteiger charge is 2.41. The average molecular weight is 391 g/mol. The van der Waals surface area contributed by atoms with Gasteiger partial charge in [-0.3, -0.25) is 4.79 Å². The third kappa shape index (κ3) is 2.81. The Morgan fingerprint density at radius 2 is 2.00 bits per heavy atom. The van der Waals surface area contributed by atoms with Crippen LogP contribution < -0.4 is 4.74 Å². The number of ether oxygens (including phenoxy) is 1. The molecule has 0 radical (unpaired) electrons. The highest BCUT2D eigenvalue weighted by Crippen LogP contribution is 2.46. The normalized spacial score (nSPS) is 21.5. The Morgan fingerprint density at radius 3 is 2.82 bits per heavy atom. The highest BCUT2D eigenvalue weighted by atomic mass is 32.1. The average Bonchev–Trinajstić information content (AvgIpc) is 3.32. The van der Waals surface area contributed by atoms with Gasteiger partial charge in [0.2, 0.25) is 0 Å². The first-order chi connectivity index (χ1) is 13.6. The first-order valence-electron chi connectivity index (χ1n) is 9.78. The lowest BCUT2D eigenvalue weighted by atomic mass is 9.81. The van der Waals surface area contributed by atoms with Crippen molar-refractivity contribution in [1.29, 1.82) is 0 Å². The van der Waals surface area contributed by atoms with Gasteiger partial charge in [0.05, 0.1) is 15.8 Å². The molecule has 0 saturated heterocycles. The monoisotopic (exact) mass is 391 g/mol. The number of Topliss-reactive ketones (excluding diaryl/α,β-unsaturated/α-hetero) is 1. The molecule has 2 aliphatic rings. The second-order valence-corrected chi connectivity index (χ2v) is 8.55. The molecule has 2 aromatic carbocycles. The first kappa shape index (κ1) is 17.4. The Morgan fingerprint density at radius 1 is 1.18 bits per heavy atom.